The number of hydrogen-bond donors (Lipinski definition) is 1. The minimum atomic E-state index is -0.320. The molecule has 0 aromatic carbocycles. The number of allylic oxidation sites excluding steroid dienone is 3. The molecule has 0 bridgehead atoms. The quantitative estimate of drug-likeness (QED) is 0.903. The Kier molecular flexibility index (Phi) is 4.00. The van der Waals surface area contributed by atoms with Crippen LogP contribution in [0.2, 0.25) is 0 Å². The highest BCUT2D eigenvalue weighted by molar-refractivity contribution is 7.10. The fourth-order valence-corrected chi connectivity index (χ4v) is 4.51. The molecule has 0 fully saturated rings. The second kappa shape index (κ2) is 5.84. The van der Waals surface area contributed by atoms with E-state index in [0.717, 1.165) is 34.6 Å². The van der Waals surface area contributed by atoms with Crippen LogP contribution in [0.4, 0.5) is 0 Å². The maximum absolute atomic E-state index is 12.7. The summed E-state index contributed by atoms with van der Waals surface area (Å²) in [5.74, 6) is 0.249. The topological polar surface area (TPSA) is 73.4 Å². The molecule has 6 heteroatoms. The zero-order chi connectivity index (χ0) is 16.7. The molecule has 1 atom stereocenters. The van der Waals surface area contributed by atoms with Crippen LogP contribution in [0.5, 0.6) is 0 Å². The van der Waals surface area contributed by atoms with E-state index in [1.54, 1.807) is 11.3 Å². The molecule has 1 aromatic rings. The van der Waals surface area contributed by atoms with Crippen LogP contribution in [0.15, 0.2) is 34.1 Å². The number of carbonyl (C=O) groups is 1. The smallest absolute Gasteiger partial charge is 0.161 e. The minimum absolute atomic E-state index is 0.135. The Labute approximate surface area is 140 Å². The van der Waals surface area contributed by atoms with Crippen molar-refractivity contribution in [2.24, 2.45) is 5.73 Å². The van der Waals surface area contributed by atoms with Gasteiger partial charge in [0.15, 0.2) is 5.78 Å². The third kappa shape index (κ3) is 2.37. The average molecular weight is 328 g/mol. The van der Waals surface area contributed by atoms with Crippen molar-refractivity contribution in [1.82, 2.24) is 10.0 Å². The average Bonchev–Trinajstić information content (AvgIpc) is 2.91. The van der Waals surface area contributed by atoms with E-state index in [1.165, 1.54) is 0 Å². The summed E-state index contributed by atoms with van der Waals surface area (Å²) >= 11 is 1.59. The summed E-state index contributed by atoms with van der Waals surface area (Å²) < 4.78 is 0. The molecule has 5 nitrogen and oxygen atoms in total. The monoisotopic (exact) mass is 328 g/mol. The van der Waals surface area contributed by atoms with Crippen molar-refractivity contribution in [3.05, 3.63) is 44.6 Å². The van der Waals surface area contributed by atoms with Crippen molar-refractivity contribution >= 4 is 17.1 Å². The van der Waals surface area contributed by atoms with E-state index in [9.17, 15) is 10.1 Å². The molecule has 0 spiro atoms. The first-order chi connectivity index (χ1) is 11.0. The van der Waals surface area contributed by atoms with Gasteiger partial charge in [-0.3, -0.25) is 9.80 Å². The van der Waals surface area contributed by atoms with Crippen LogP contribution >= 0.6 is 11.3 Å². The highest BCUT2D eigenvalue weighted by Crippen LogP contribution is 2.46. The van der Waals surface area contributed by atoms with E-state index in [0.29, 0.717) is 17.8 Å². The van der Waals surface area contributed by atoms with Crippen LogP contribution in [0, 0.1) is 18.3 Å². The number of aryl methyl sites for hydroxylation is 1. The fraction of sp³-hybridized carbons (Fsp3) is 0.412. The molecule has 1 aliphatic heterocycles. The molecular weight excluding hydrogens is 308 g/mol. The van der Waals surface area contributed by atoms with Gasteiger partial charge in [-0.2, -0.15) is 5.26 Å². The van der Waals surface area contributed by atoms with Gasteiger partial charge in [-0.25, -0.2) is 5.01 Å². The Morgan fingerprint density at radius 2 is 2.17 bits per heavy atom. The van der Waals surface area contributed by atoms with Gasteiger partial charge >= 0.3 is 0 Å². The van der Waals surface area contributed by atoms with Crippen molar-refractivity contribution in [1.29, 1.82) is 5.26 Å². The number of hydrazine groups is 1. The first kappa shape index (κ1) is 15.8. The first-order valence-corrected chi connectivity index (χ1v) is 8.52. The number of rotatable bonds is 2. The van der Waals surface area contributed by atoms with Crippen LogP contribution in [0.1, 0.15) is 35.6 Å². The Bertz CT molecular complexity index is 766. The van der Waals surface area contributed by atoms with Crippen LogP contribution < -0.4 is 5.73 Å². The molecule has 1 aliphatic carbocycles. The second-order valence-corrected chi connectivity index (χ2v) is 7.06. The number of nitrogens with two attached hydrogens (primary N) is 1. The number of thiophene rings is 1. The molecule has 120 valence electrons. The molecule has 0 unspecified atom stereocenters. The normalized spacial score (nSPS) is 21.8. The zero-order valence-electron chi connectivity index (χ0n) is 13.6. The Balaban J connectivity index is 2.28. The summed E-state index contributed by atoms with van der Waals surface area (Å²) in [6.07, 6.45) is 2.17. The van der Waals surface area contributed by atoms with Gasteiger partial charge in [0, 0.05) is 36.7 Å². The molecule has 0 radical (unpaired) electrons. The number of hydrogen-bond acceptors (Lipinski definition) is 6. The van der Waals surface area contributed by atoms with E-state index in [4.69, 9.17) is 5.73 Å². The number of nitrogens with zero attached hydrogens (tertiary/aromatic N) is 3. The SMILES string of the molecule is Cc1ccsc1[C@H]1C(C#N)=C(N)N(N(C)C)C2=C1C(=O)CCC2. The summed E-state index contributed by atoms with van der Waals surface area (Å²) in [5, 5.41) is 15.4. The lowest BCUT2D eigenvalue weighted by molar-refractivity contribution is -0.116. The second-order valence-electron chi connectivity index (χ2n) is 6.11. The van der Waals surface area contributed by atoms with Crippen molar-refractivity contribution in [3.8, 4) is 6.07 Å². The molecule has 0 saturated heterocycles. The highest BCUT2D eigenvalue weighted by Gasteiger charge is 2.41. The lowest BCUT2D eigenvalue weighted by atomic mass is 9.78. The Morgan fingerprint density at radius 1 is 1.43 bits per heavy atom. The maximum atomic E-state index is 12.7. The van der Waals surface area contributed by atoms with Crippen molar-refractivity contribution < 1.29 is 4.79 Å². The first-order valence-electron chi connectivity index (χ1n) is 7.64. The Morgan fingerprint density at radius 3 is 2.74 bits per heavy atom. The molecule has 2 aliphatic rings. The molecular formula is C17H20N4OS. The molecule has 2 heterocycles. The summed E-state index contributed by atoms with van der Waals surface area (Å²) in [4.78, 5) is 13.8. The molecule has 0 amide bonds. The van der Waals surface area contributed by atoms with E-state index in [-0.39, 0.29) is 11.7 Å². The Hall–Kier alpha value is -2.10. The third-order valence-corrected chi connectivity index (χ3v) is 5.53. The number of ketones is 1. The molecule has 0 saturated carbocycles. The van der Waals surface area contributed by atoms with Crippen LogP contribution in [0.25, 0.3) is 0 Å². The van der Waals surface area contributed by atoms with E-state index >= 15 is 0 Å². The van der Waals surface area contributed by atoms with E-state index in [2.05, 4.69) is 6.07 Å². The number of Topliss-reactive ketones (excluding diaryl/α,β-unsaturated/α-hetero) is 1. The zero-order valence-corrected chi connectivity index (χ0v) is 14.4. The van der Waals surface area contributed by atoms with Gasteiger partial charge < -0.3 is 5.73 Å². The van der Waals surface area contributed by atoms with Gasteiger partial charge in [0.2, 0.25) is 0 Å². The number of carbonyl (C=O) groups excluding carboxylic acids is 1. The minimum Gasteiger partial charge on any atom is -0.383 e. The molecule has 2 N–H and O–H groups in total. The summed E-state index contributed by atoms with van der Waals surface area (Å²) in [6, 6.07) is 4.29. The highest BCUT2D eigenvalue weighted by atomic mass is 32.1. The van der Waals surface area contributed by atoms with Gasteiger partial charge in [0.1, 0.15) is 5.82 Å². The van der Waals surface area contributed by atoms with Gasteiger partial charge in [0.25, 0.3) is 0 Å². The lowest BCUT2D eigenvalue weighted by Gasteiger charge is -2.42. The summed E-state index contributed by atoms with van der Waals surface area (Å²) in [5.41, 5.74) is 9.60. The number of nitriles is 1. The predicted molar refractivity (Wildman–Crippen MR) is 90.0 cm³/mol. The summed E-state index contributed by atoms with van der Waals surface area (Å²) in [7, 11) is 3.75. The lowest BCUT2D eigenvalue weighted by Crippen LogP contribution is -2.45. The van der Waals surface area contributed by atoms with Gasteiger partial charge in [0.05, 0.1) is 17.6 Å². The fourth-order valence-electron chi connectivity index (χ4n) is 3.47. The van der Waals surface area contributed by atoms with Crippen molar-refractivity contribution in [3.63, 3.8) is 0 Å². The standard InChI is InChI=1S/C17H20N4OS/c1-10-7-8-23-16(10)14-11(9-18)17(19)21(20(2)3)12-5-4-6-13(22)15(12)14/h7-8,14H,4-6,19H2,1-3H3/t14-/m0/s1. The van der Waals surface area contributed by atoms with Crippen molar-refractivity contribution in [2.75, 3.05) is 14.1 Å². The van der Waals surface area contributed by atoms with Crippen LogP contribution in [-0.4, -0.2) is 29.9 Å². The maximum Gasteiger partial charge on any atom is 0.161 e. The summed E-state index contributed by atoms with van der Waals surface area (Å²) in [6.45, 7) is 2.02. The van der Waals surface area contributed by atoms with Crippen molar-refractivity contribution in [2.45, 2.75) is 32.1 Å². The van der Waals surface area contributed by atoms with E-state index < -0.39 is 0 Å². The predicted octanol–water partition coefficient (Wildman–Crippen LogP) is 2.63. The van der Waals surface area contributed by atoms with Crippen LogP contribution in [-0.2, 0) is 4.79 Å². The van der Waals surface area contributed by atoms with Gasteiger partial charge in [-0.05, 0) is 36.8 Å². The largest absolute Gasteiger partial charge is 0.383 e. The molecule has 3 rings (SSSR count). The molecule has 23 heavy (non-hydrogen) atoms. The molecule has 1 aromatic heterocycles. The third-order valence-electron chi connectivity index (χ3n) is 4.45. The van der Waals surface area contributed by atoms with Crippen LogP contribution in [0.3, 0.4) is 0 Å². The van der Waals surface area contributed by atoms with E-state index in [1.807, 2.05) is 42.5 Å². The van der Waals surface area contributed by atoms with Gasteiger partial charge in [-0.1, -0.05) is 0 Å². The van der Waals surface area contributed by atoms with Gasteiger partial charge in [-0.15, -0.1) is 11.3 Å².